The van der Waals surface area contributed by atoms with Gasteiger partial charge in [-0.1, -0.05) is 27.2 Å². The lowest BCUT2D eigenvalue weighted by atomic mass is 9.83. The van der Waals surface area contributed by atoms with Gasteiger partial charge in [0.1, 0.15) is 11.8 Å². The molecule has 5 nitrogen and oxygen atoms in total. The van der Waals surface area contributed by atoms with Crippen molar-refractivity contribution in [2.45, 2.75) is 65.3 Å². The number of esters is 1. The van der Waals surface area contributed by atoms with Crippen LogP contribution >= 0.6 is 0 Å². The summed E-state index contributed by atoms with van der Waals surface area (Å²) >= 11 is 0. The van der Waals surface area contributed by atoms with Crippen LogP contribution < -0.4 is 5.32 Å². The molecule has 1 amide bonds. The Labute approximate surface area is 133 Å². The van der Waals surface area contributed by atoms with Crippen LogP contribution in [0, 0.1) is 17.8 Å². The van der Waals surface area contributed by atoms with E-state index in [1.807, 2.05) is 6.92 Å². The van der Waals surface area contributed by atoms with Crippen molar-refractivity contribution in [1.82, 2.24) is 5.32 Å². The minimum absolute atomic E-state index is 0.140. The Hall–Kier alpha value is -1.39. The van der Waals surface area contributed by atoms with Crippen LogP contribution in [0.5, 0.6) is 0 Å². The molecule has 1 rings (SSSR count). The minimum atomic E-state index is -0.723. The summed E-state index contributed by atoms with van der Waals surface area (Å²) in [5.41, 5.74) is 0. The second-order valence-electron chi connectivity index (χ2n) is 6.76. The number of carbonyl (C=O) groups excluding carboxylic acids is 3. The molecule has 1 fully saturated rings. The smallest absolute Gasteiger partial charge is 0.328 e. The molecule has 0 unspecified atom stereocenters. The summed E-state index contributed by atoms with van der Waals surface area (Å²) in [6, 6.07) is -0.723. The van der Waals surface area contributed by atoms with Crippen LogP contribution in [0.3, 0.4) is 0 Å². The van der Waals surface area contributed by atoms with Crippen molar-refractivity contribution in [3.05, 3.63) is 0 Å². The molecule has 0 bridgehead atoms. The van der Waals surface area contributed by atoms with Crippen molar-refractivity contribution in [3.63, 3.8) is 0 Å². The maximum absolute atomic E-state index is 12.2. The Morgan fingerprint density at radius 2 is 1.95 bits per heavy atom. The quantitative estimate of drug-likeness (QED) is 0.733. The van der Waals surface area contributed by atoms with E-state index < -0.39 is 12.0 Å². The fraction of sp³-hybridized carbons (Fsp3) is 0.824. The van der Waals surface area contributed by atoms with E-state index in [0.717, 1.165) is 25.7 Å². The Morgan fingerprint density at radius 3 is 2.50 bits per heavy atom. The van der Waals surface area contributed by atoms with Crippen LogP contribution in [0.2, 0.25) is 0 Å². The largest absolute Gasteiger partial charge is 0.467 e. The number of amides is 1. The van der Waals surface area contributed by atoms with E-state index in [2.05, 4.69) is 19.2 Å². The van der Waals surface area contributed by atoms with Gasteiger partial charge in [-0.2, -0.15) is 0 Å². The van der Waals surface area contributed by atoms with Crippen molar-refractivity contribution < 1.29 is 19.1 Å². The maximum atomic E-state index is 12.2. The number of Topliss-reactive ketones (excluding diaryl/α,β-unsaturated/α-hetero) is 1. The van der Waals surface area contributed by atoms with Gasteiger partial charge < -0.3 is 10.1 Å². The molecule has 0 spiro atoms. The summed E-state index contributed by atoms with van der Waals surface area (Å²) < 4.78 is 4.79. The monoisotopic (exact) mass is 311 g/mol. The predicted molar refractivity (Wildman–Crippen MR) is 84.1 cm³/mol. The molecule has 0 aromatic heterocycles. The van der Waals surface area contributed by atoms with E-state index >= 15 is 0 Å². The molecular weight excluding hydrogens is 282 g/mol. The van der Waals surface area contributed by atoms with E-state index in [0.29, 0.717) is 18.8 Å². The molecule has 0 saturated heterocycles. The Bertz CT molecular complexity index is 405. The molecule has 1 saturated carbocycles. The highest BCUT2D eigenvalue weighted by Crippen LogP contribution is 2.25. The number of carbonyl (C=O) groups is 3. The van der Waals surface area contributed by atoms with Crippen LogP contribution in [0.4, 0.5) is 0 Å². The van der Waals surface area contributed by atoms with Gasteiger partial charge in [-0.05, 0) is 31.6 Å². The third-order valence-electron chi connectivity index (χ3n) is 4.28. The first-order valence-electron chi connectivity index (χ1n) is 8.26. The van der Waals surface area contributed by atoms with Gasteiger partial charge in [0.2, 0.25) is 5.91 Å². The van der Waals surface area contributed by atoms with Crippen LogP contribution in [0.25, 0.3) is 0 Å². The first kappa shape index (κ1) is 18.7. The van der Waals surface area contributed by atoms with Crippen molar-refractivity contribution in [3.8, 4) is 0 Å². The number of ketones is 1. The number of hydrogen-bond acceptors (Lipinski definition) is 4. The molecule has 0 aromatic carbocycles. The molecule has 3 atom stereocenters. The van der Waals surface area contributed by atoms with Gasteiger partial charge in [0.15, 0.2) is 0 Å². The van der Waals surface area contributed by atoms with Gasteiger partial charge >= 0.3 is 5.97 Å². The molecule has 0 radical (unpaired) electrons. The fourth-order valence-corrected chi connectivity index (χ4v) is 3.07. The van der Waals surface area contributed by atoms with E-state index in [4.69, 9.17) is 4.74 Å². The Kier molecular flexibility index (Phi) is 7.56. The first-order valence-corrected chi connectivity index (χ1v) is 8.26. The summed E-state index contributed by atoms with van der Waals surface area (Å²) in [4.78, 5) is 36.1. The Balaban J connectivity index is 2.66. The minimum Gasteiger partial charge on any atom is -0.467 e. The molecule has 1 N–H and O–H groups in total. The van der Waals surface area contributed by atoms with E-state index in [1.54, 1.807) is 0 Å². The third-order valence-corrected chi connectivity index (χ3v) is 4.28. The first-order chi connectivity index (χ1) is 10.3. The molecule has 0 heterocycles. The zero-order valence-electron chi connectivity index (χ0n) is 14.2. The lowest BCUT2D eigenvalue weighted by molar-refractivity contribution is -0.146. The highest BCUT2D eigenvalue weighted by molar-refractivity contribution is 5.87. The van der Waals surface area contributed by atoms with E-state index in [9.17, 15) is 14.4 Å². The number of ether oxygens (including phenoxy) is 1. The Morgan fingerprint density at radius 1 is 1.27 bits per heavy atom. The third kappa shape index (κ3) is 5.78. The highest BCUT2D eigenvalue weighted by Gasteiger charge is 2.31. The number of nitrogens with one attached hydrogen (secondary N) is 1. The summed E-state index contributed by atoms with van der Waals surface area (Å²) in [7, 11) is 1.31. The molecule has 126 valence electrons. The van der Waals surface area contributed by atoms with Crippen molar-refractivity contribution >= 4 is 17.7 Å². The zero-order valence-corrected chi connectivity index (χ0v) is 14.2. The zero-order chi connectivity index (χ0) is 16.7. The van der Waals surface area contributed by atoms with Crippen molar-refractivity contribution in [2.75, 3.05) is 7.11 Å². The molecule has 1 aliphatic carbocycles. The van der Waals surface area contributed by atoms with E-state index in [1.165, 1.54) is 7.11 Å². The van der Waals surface area contributed by atoms with Gasteiger partial charge in [-0.15, -0.1) is 0 Å². The van der Waals surface area contributed by atoms with Crippen LogP contribution in [0.1, 0.15) is 59.3 Å². The number of rotatable bonds is 7. The maximum Gasteiger partial charge on any atom is 0.328 e. The van der Waals surface area contributed by atoms with Gasteiger partial charge in [-0.25, -0.2) is 4.79 Å². The molecular formula is C17H29NO4. The summed E-state index contributed by atoms with van der Waals surface area (Å²) in [5.74, 6) is -0.300. The second-order valence-corrected chi connectivity index (χ2v) is 6.76. The van der Waals surface area contributed by atoms with E-state index in [-0.39, 0.29) is 23.5 Å². The molecule has 1 aliphatic rings. The fourth-order valence-electron chi connectivity index (χ4n) is 3.07. The number of hydrogen-bond donors (Lipinski definition) is 1. The number of methoxy groups -OCH3 is 1. The molecule has 0 aliphatic heterocycles. The van der Waals surface area contributed by atoms with Gasteiger partial charge in [0, 0.05) is 18.3 Å². The summed E-state index contributed by atoms with van der Waals surface area (Å²) in [6.07, 6.45) is 4.42. The molecule has 5 heteroatoms. The predicted octanol–water partition coefficient (Wildman–Crippen LogP) is 2.48. The molecule has 0 aromatic rings. The summed E-state index contributed by atoms with van der Waals surface area (Å²) in [5, 5.41) is 2.77. The van der Waals surface area contributed by atoms with Crippen LogP contribution in [0.15, 0.2) is 0 Å². The summed E-state index contributed by atoms with van der Waals surface area (Å²) in [6.45, 7) is 5.97. The average molecular weight is 311 g/mol. The van der Waals surface area contributed by atoms with Gasteiger partial charge in [0.25, 0.3) is 0 Å². The lowest BCUT2D eigenvalue weighted by Crippen LogP contribution is -2.46. The molecule has 22 heavy (non-hydrogen) atoms. The van der Waals surface area contributed by atoms with Crippen LogP contribution in [-0.2, 0) is 19.1 Å². The van der Waals surface area contributed by atoms with Crippen molar-refractivity contribution in [1.29, 1.82) is 0 Å². The van der Waals surface area contributed by atoms with Crippen molar-refractivity contribution in [2.24, 2.45) is 17.8 Å². The van der Waals surface area contributed by atoms with Gasteiger partial charge in [0.05, 0.1) is 7.11 Å². The topological polar surface area (TPSA) is 72.5 Å². The SMILES string of the molecule is COC(=O)[C@H](C[C@@H]1CCCCC1=O)NC(=O)[C@@H](C)CC(C)C. The standard InChI is InChI=1S/C17H29NO4/c1-11(2)9-12(3)16(20)18-14(17(21)22-4)10-13-7-5-6-8-15(13)19/h11-14H,5-10H2,1-4H3,(H,18,20)/t12-,13-,14-/m0/s1. The normalized spacial score (nSPS) is 21.3. The van der Waals surface area contributed by atoms with Crippen LogP contribution in [-0.4, -0.2) is 30.8 Å². The second kappa shape index (κ2) is 8.91. The van der Waals surface area contributed by atoms with Gasteiger partial charge in [-0.3, -0.25) is 9.59 Å². The highest BCUT2D eigenvalue weighted by atomic mass is 16.5. The average Bonchev–Trinajstić information content (AvgIpc) is 2.47. The lowest BCUT2D eigenvalue weighted by Gasteiger charge is -2.26.